The number of hydrogen-bond acceptors (Lipinski definition) is 0. The minimum absolute atomic E-state index is 0.481. The molecule has 0 nitrogen and oxygen atoms in total. The van der Waals surface area contributed by atoms with Crippen molar-refractivity contribution < 1.29 is 0 Å². The zero-order chi connectivity index (χ0) is 10.7. The van der Waals surface area contributed by atoms with Crippen LogP contribution >= 0.6 is 0 Å². The number of hydrogen-bond donors (Lipinski definition) is 0. The zero-order valence-electron chi connectivity index (χ0n) is 9.11. The molecule has 0 aliphatic heterocycles. The third-order valence-corrected chi connectivity index (χ3v) is 2.93. The second-order valence-corrected chi connectivity index (χ2v) is 3.86. The van der Waals surface area contributed by atoms with E-state index in [9.17, 15) is 0 Å². The number of allylic oxidation sites excluding steroid dienone is 1. The maximum absolute atomic E-state index is 3.89. The molecule has 76 valence electrons. The molecule has 0 saturated heterocycles. The Hall–Kier alpha value is -1.56. The van der Waals surface area contributed by atoms with Gasteiger partial charge in [0.1, 0.15) is 0 Å². The van der Waals surface area contributed by atoms with E-state index in [-0.39, 0.29) is 0 Å². The van der Waals surface area contributed by atoms with Crippen LogP contribution in [0.4, 0.5) is 0 Å². The first-order valence-electron chi connectivity index (χ1n) is 5.46. The van der Waals surface area contributed by atoms with Crippen LogP contribution in [-0.2, 0) is 0 Å². The minimum atomic E-state index is 0.481. The van der Waals surface area contributed by atoms with Crippen molar-refractivity contribution in [3.05, 3.63) is 60.7 Å². The summed E-state index contributed by atoms with van der Waals surface area (Å²) in [6.45, 7) is 6.08. The average molecular weight is 196 g/mol. The molecule has 2 aromatic rings. The maximum Gasteiger partial charge on any atom is 0.00128 e. The molecule has 0 radical (unpaired) electrons. The van der Waals surface area contributed by atoms with Gasteiger partial charge in [-0.05, 0) is 22.8 Å². The van der Waals surface area contributed by atoms with Gasteiger partial charge in [0.05, 0.1) is 0 Å². The molecule has 0 aliphatic carbocycles. The highest BCUT2D eigenvalue weighted by Crippen LogP contribution is 2.24. The summed E-state index contributed by atoms with van der Waals surface area (Å²) in [4.78, 5) is 0. The molecule has 0 aromatic heterocycles. The zero-order valence-corrected chi connectivity index (χ0v) is 9.11. The highest BCUT2D eigenvalue weighted by atomic mass is 14.1. The summed E-state index contributed by atoms with van der Waals surface area (Å²) in [5, 5.41) is 2.62. The summed E-state index contributed by atoms with van der Waals surface area (Å²) >= 11 is 0. The lowest BCUT2D eigenvalue weighted by atomic mass is 9.94. The molecule has 0 heterocycles. The van der Waals surface area contributed by atoms with Crippen LogP contribution in [0.3, 0.4) is 0 Å². The molecular formula is C15H16. The standard InChI is InChI=1S/C15H16/c1-3-12(4-2)15-10-9-13-7-5-6-8-14(13)11-15/h3,5-12H,1,4H2,2H3/t12-/m1/s1. The molecule has 0 heteroatoms. The summed E-state index contributed by atoms with van der Waals surface area (Å²) < 4.78 is 0. The topological polar surface area (TPSA) is 0 Å². The molecule has 0 N–H and O–H groups in total. The van der Waals surface area contributed by atoms with E-state index in [1.54, 1.807) is 0 Å². The number of benzene rings is 2. The lowest BCUT2D eigenvalue weighted by Crippen LogP contribution is -1.92. The van der Waals surface area contributed by atoms with Crippen molar-refractivity contribution in [1.82, 2.24) is 0 Å². The Labute approximate surface area is 91.2 Å². The molecule has 1 atom stereocenters. The fraction of sp³-hybridized carbons (Fsp3) is 0.200. The Balaban J connectivity index is 2.50. The van der Waals surface area contributed by atoms with Crippen molar-refractivity contribution >= 4 is 10.8 Å². The lowest BCUT2D eigenvalue weighted by molar-refractivity contribution is 0.809. The molecule has 0 unspecified atom stereocenters. The van der Waals surface area contributed by atoms with Gasteiger partial charge in [-0.25, -0.2) is 0 Å². The van der Waals surface area contributed by atoms with Crippen LogP contribution in [0.2, 0.25) is 0 Å². The van der Waals surface area contributed by atoms with Crippen LogP contribution in [0.1, 0.15) is 24.8 Å². The summed E-state index contributed by atoms with van der Waals surface area (Å²) in [6, 6.07) is 15.1. The van der Waals surface area contributed by atoms with Crippen molar-refractivity contribution in [3.8, 4) is 0 Å². The van der Waals surface area contributed by atoms with E-state index in [4.69, 9.17) is 0 Å². The van der Waals surface area contributed by atoms with Crippen LogP contribution in [-0.4, -0.2) is 0 Å². The van der Waals surface area contributed by atoms with Gasteiger partial charge in [-0.3, -0.25) is 0 Å². The molecule has 0 fully saturated rings. The molecule has 2 aromatic carbocycles. The fourth-order valence-electron chi connectivity index (χ4n) is 1.98. The number of fused-ring (bicyclic) bond motifs is 1. The van der Waals surface area contributed by atoms with Crippen molar-refractivity contribution in [2.75, 3.05) is 0 Å². The van der Waals surface area contributed by atoms with E-state index < -0.39 is 0 Å². The third-order valence-electron chi connectivity index (χ3n) is 2.93. The Kier molecular flexibility index (Phi) is 2.86. The van der Waals surface area contributed by atoms with Crippen LogP contribution in [0.15, 0.2) is 55.1 Å². The Morgan fingerprint density at radius 2 is 1.87 bits per heavy atom. The molecule has 0 saturated carbocycles. The summed E-state index contributed by atoms with van der Waals surface area (Å²) in [7, 11) is 0. The SMILES string of the molecule is C=C[C@H](CC)c1ccc2ccccc2c1. The third kappa shape index (κ3) is 1.94. The van der Waals surface area contributed by atoms with Gasteiger partial charge >= 0.3 is 0 Å². The molecule has 0 amide bonds. The second kappa shape index (κ2) is 4.31. The molecule has 2 rings (SSSR count). The normalized spacial score (nSPS) is 12.6. The van der Waals surface area contributed by atoms with Crippen LogP contribution in [0, 0.1) is 0 Å². The molecule has 15 heavy (non-hydrogen) atoms. The average Bonchev–Trinajstić information content (AvgIpc) is 2.30. The van der Waals surface area contributed by atoms with E-state index in [0.717, 1.165) is 6.42 Å². The van der Waals surface area contributed by atoms with Crippen LogP contribution in [0.25, 0.3) is 10.8 Å². The monoisotopic (exact) mass is 196 g/mol. The van der Waals surface area contributed by atoms with E-state index in [0.29, 0.717) is 5.92 Å². The molecule has 0 spiro atoms. The van der Waals surface area contributed by atoms with Crippen LogP contribution in [0.5, 0.6) is 0 Å². The van der Waals surface area contributed by atoms with E-state index in [2.05, 4.69) is 56.0 Å². The minimum Gasteiger partial charge on any atom is -0.102 e. The van der Waals surface area contributed by atoms with E-state index >= 15 is 0 Å². The Morgan fingerprint density at radius 3 is 2.53 bits per heavy atom. The van der Waals surface area contributed by atoms with Crippen molar-refractivity contribution in [3.63, 3.8) is 0 Å². The molecular weight excluding hydrogens is 180 g/mol. The van der Waals surface area contributed by atoms with Gasteiger partial charge in [0, 0.05) is 5.92 Å². The quantitative estimate of drug-likeness (QED) is 0.633. The summed E-state index contributed by atoms with van der Waals surface area (Å²) in [5.41, 5.74) is 1.37. The van der Waals surface area contributed by atoms with Crippen molar-refractivity contribution in [2.24, 2.45) is 0 Å². The van der Waals surface area contributed by atoms with Crippen molar-refractivity contribution in [1.29, 1.82) is 0 Å². The maximum atomic E-state index is 3.89. The van der Waals surface area contributed by atoms with Gasteiger partial charge in [0.15, 0.2) is 0 Å². The van der Waals surface area contributed by atoms with Gasteiger partial charge < -0.3 is 0 Å². The first kappa shape index (κ1) is 9.97. The van der Waals surface area contributed by atoms with Gasteiger partial charge in [-0.2, -0.15) is 0 Å². The highest BCUT2D eigenvalue weighted by molar-refractivity contribution is 5.83. The molecule has 0 aliphatic rings. The van der Waals surface area contributed by atoms with Gasteiger partial charge in [-0.15, -0.1) is 6.58 Å². The summed E-state index contributed by atoms with van der Waals surface area (Å²) in [5.74, 6) is 0.481. The molecule has 0 bridgehead atoms. The largest absolute Gasteiger partial charge is 0.102 e. The predicted molar refractivity (Wildman–Crippen MR) is 67.2 cm³/mol. The lowest BCUT2D eigenvalue weighted by Gasteiger charge is -2.10. The van der Waals surface area contributed by atoms with E-state index in [1.807, 2.05) is 6.08 Å². The second-order valence-electron chi connectivity index (χ2n) is 3.86. The van der Waals surface area contributed by atoms with Gasteiger partial charge in [-0.1, -0.05) is 55.5 Å². The smallest absolute Gasteiger partial charge is 0.00128 e. The Bertz CT molecular complexity index is 468. The first-order chi connectivity index (χ1) is 7.35. The summed E-state index contributed by atoms with van der Waals surface area (Å²) in [6.07, 6.45) is 3.14. The predicted octanol–water partition coefficient (Wildman–Crippen LogP) is 4.52. The fourth-order valence-corrected chi connectivity index (χ4v) is 1.98. The van der Waals surface area contributed by atoms with Gasteiger partial charge in [0.2, 0.25) is 0 Å². The van der Waals surface area contributed by atoms with E-state index in [1.165, 1.54) is 16.3 Å². The highest BCUT2D eigenvalue weighted by Gasteiger charge is 2.04. The number of rotatable bonds is 3. The Morgan fingerprint density at radius 1 is 1.13 bits per heavy atom. The van der Waals surface area contributed by atoms with Crippen molar-refractivity contribution in [2.45, 2.75) is 19.3 Å². The van der Waals surface area contributed by atoms with Crippen LogP contribution < -0.4 is 0 Å². The van der Waals surface area contributed by atoms with Gasteiger partial charge in [0.25, 0.3) is 0 Å². The first-order valence-corrected chi connectivity index (χ1v) is 5.46.